The van der Waals surface area contributed by atoms with Crippen LogP contribution in [0.4, 0.5) is 0 Å². The summed E-state index contributed by atoms with van der Waals surface area (Å²) in [7, 11) is 0. The summed E-state index contributed by atoms with van der Waals surface area (Å²) in [6.45, 7) is 14.6. The zero-order valence-electron chi connectivity index (χ0n) is 13.5. The molecule has 1 atom stereocenters. The fourth-order valence-electron chi connectivity index (χ4n) is 2.26. The van der Waals surface area contributed by atoms with Crippen LogP contribution in [0.1, 0.15) is 62.5 Å². The van der Waals surface area contributed by atoms with Gasteiger partial charge in [-0.2, -0.15) is 0 Å². The van der Waals surface area contributed by atoms with Crippen LogP contribution >= 0.6 is 11.3 Å². The molecular weight excluding hydrogens is 252 g/mol. The molecule has 0 radical (unpaired) electrons. The third-order valence-corrected chi connectivity index (χ3v) is 4.78. The molecule has 0 spiro atoms. The normalized spacial score (nSPS) is 13.8. The summed E-state index contributed by atoms with van der Waals surface area (Å²) in [5.74, 6) is 0. The second kappa shape index (κ2) is 7.39. The minimum atomic E-state index is 0.337. The molecule has 0 aliphatic rings. The first-order valence-corrected chi connectivity index (χ1v) is 8.32. The summed E-state index contributed by atoms with van der Waals surface area (Å²) in [6, 6.07) is 0.606. The molecule has 110 valence electrons. The van der Waals surface area contributed by atoms with E-state index in [9.17, 15) is 0 Å². The van der Waals surface area contributed by atoms with Crippen LogP contribution in [-0.2, 0) is 6.42 Å². The summed E-state index contributed by atoms with van der Waals surface area (Å²) in [5.41, 5.74) is 1.54. The van der Waals surface area contributed by atoms with Crippen LogP contribution in [0.2, 0.25) is 0 Å². The van der Waals surface area contributed by atoms with Gasteiger partial charge < -0.3 is 5.32 Å². The summed E-state index contributed by atoms with van der Waals surface area (Å²) in [6.07, 6.45) is 4.80. The van der Waals surface area contributed by atoms with E-state index < -0.39 is 0 Å². The largest absolute Gasteiger partial charge is 0.313 e. The van der Waals surface area contributed by atoms with Crippen molar-refractivity contribution in [3.05, 3.63) is 15.6 Å². The molecule has 1 rings (SSSR count). The third-order valence-electron chi connectivity index (χ3n) is 3.64. The van der Waals surface area contributed by atoms with Crippen molar-refractivity contribution in [2.24, 2.45) is 5.41 Å². The van der Waals surface area contributed by atoms with Crippen molar-refractivity contribution >= 4 is 11.3 Å². The maximum absolute atomic E-state index is 4.63. The van der Waals surface area contributed by atoms with Gasteiger partial charge in [0.15, 0.2) is 0 Å². The fraction of sp³-hybridized carbons (Fsp3) is 0.812. The van der Waals surface area contributed by atoms with Crippen LogP contribution in [0.3, 0.4) is 0 Å². The number of hydrogen-bond acceptors (Lipinski definition) is 3. The van der Waals surface area contributed by atoms with Gasteiger partial charge in [-0.15, -0.1) is 11.3 Å². The Morgan fingerprint density at radius 3 is 2.42 bits per heavy atom. The Morgan fingerprint density at radius 2 is 1.95 bits per heavy atom. The standard InChI is InChI=1S/C16H30N2S/c1-7-11-17-14(16(4,5)6)9-8-10-15-18-12(2)13(3)19-15/h14,17H,7-11H2,1-6H3. The zero-order chi connectivity index (χ0) is 14.5. The van der Waals surface area contributed by atoms with E-state index in [0.717, 1.165) is 13.0 Å². The molecule has 0 saturated heterocycles. The van der Waals surface area contributed by atoms with Gasteiger partial charge >= 0.3 is 0 Å². The molecule has 2 nitrogen and oxygen atoms in total. The number of hydrogen-bond donors (Lipinski definition) is 1. The lowest BCUT2D eigenvalue weighted by Crippen LogP contribution is -2.40. The van der Waals surface area contributed by atoms with Gasteiger partial charge in [-0.05, 0) is 51.5 Å². The Hall–Kier alpha value is -0.410. The predicted octanol–water partition coefficient (Wildman–Crippen LogP) is 4.50. The van der Waals surface area contributed by atoms with Gasteiger partial charge in [0.1, 0.15) is 0 Å². The second-order valence-electron chi connectivity index (χ2n) is 6.51. The van der Waals surface area contributed by atoms with Crippen LogP contribution in [0.15, 0.2) is 0 Å². The Morgan fingerprint density at radius 1 is 1.26 bits per heavy atom. The topological polar surface area (TPSA) is 24.9 Å². The minimum absolute atomic E-state index is 0.337. The molecule has 0 bridgehead atoms. The molecule has 0 aromatic carbocycles. The van der Waals surface area contributed by atoms with Crippen molar-refractivity contribution in [2.45, 2.75) is 73.3 Å². The molecule has 0 amide bonds. The summed E-state index contributed by atoms with van der Waals surface area (Å²) < 4.78 is 0. The lowest BCUT2D eigenvalue weighted by atomic mass is 9.83. The van der Waals surface area contributed by atoms with Crippen LogP contribution in [0, 0.1) is 19.3 Å². The van der Waals surface area contributed by atoms with E-state index in [-0.39, 0.29) is 0 Å². The average molecular weight is 282 g/mol. The first-order valence-electron chi connectivity index (χ1n) is 7.51. The predicted molar refractivity (Wildman–Crippen MR) is 86.1 cm³/mol. The molecule has 19 heavy (non-hydrogen) atoms. The Balaban J connectivity index is 2.43. The van der Waals surface area contributed by atoms with Crippen LogP contribution in [0.5, 0.6) is 0 Å². The molecule has 0 fully saturated rings. The second-order valence-corrected chi connectivity index (χ2v) is 7.80. The van der Waals surface area contributed by atoms with E-state index in [1.54, 1.807) is 0 Å². The van der Waals surface area contributed by atoms with Crippen molar-refractivity contribution in [1.82, 2.24) is 10.3 Å². The van der Waals surface area contributed by atoms with Gasteiger partial charge in [0.05, 0.1) is 10.7 Å². The number of aryl methyl sites for hydroxylation is 3. The summed E-state index contributed by atoms with van der Waals surface area (Å²) >= 11 is 1.86. The van der Waals surface area contributed by atoms with Gasteiger partial charge in [0.2, 0.25) is 0 Å². The number of rotatable bonds is 7. The highest BCUT2D eigenvalue weighted by atomic mass is 32.1. The number of thiazole rings is 1. The summed E-state index contributed by atoms with van der Waals surface area (Å²) in [5, 5.41) is 5.00. The highest BCUT2D eigenvalue weighted by Gasteiger charge is 2.23. The molecule has 1 heterocycles. The van der Waals surface area contributed by atoms with Crippen molar-refractivity contribution in [3.63, 3.8) is 0 Å². The molecule has 1 aromatic heterocycles. The van der Waals surface area contributed by atoms with Gasteiger partial charge in [-0.3, -0.25) is 0 Å². The molecule has 3 heteroatoms. The van der Waals surface area contributed by atoms with Gasteiger partial charge in [0.25, 0.3) is 0 Å². The van der Waals surface area contributed by atoms with E-state index in [0.29, 0.717) is 11.5 Å². The summed E-state index contributed by atoms with van der Waals surface area (Å²) in [4.78, 5) is 6.00. The van der Waals surface area contributed by atoms with Gasteiger partial charge in [-0.1, -0.05) is 27.7 Å². The Bertz CT molecular complexity index is 357. The quantitative estimate of drug-likeness (QED) is 0.796. The van der Waals surface area contributed by atoms with E-state index >= 15 is 0 Å². The number of nitrogens with one attached hydrogen (secondary N) is 1. The molecule has 0 saturated carbocycles. The maximum atomic E-state index is 4.63. The Kier molecular flexibility index (Phi) is 6.48. The lowest BCUT2D eigenvalue weighted by Gasteiger charge is -2.31. The minimum Gasteiger partial charge on any atom is -0.313 e. The highest BCUT2D eigenvalue weighted by Crippen LogP contribution is 2.25. The molecule has 1 N–H and O–H groups in total. The highest BCUT2D eigenvalue weighted by molar-refractivity contribution is 7.11. The first-order chi connectivity index (χ1) is 8.84. The van der Waals surface area contributed by atoms with Crippen LogP contribution in [0.25, 0.3) is 0 Å². The lowest BCUT2D eigenvalue weighted by molar-refractivity contribution is 0.251. The molecule has 1 unspecified atom stereocenters. The van der Waals surface area contributed by atoms with Crippen molar-refractivity contribution in [1.29, 1.82) is 0 Å². The molecule has 1 aromatic rings. The SMILES string of the molecule is CCCNC(CCCc1nc(C)c(C)s1)C(C)(C)C. The maximum Gasteiger partial charge on any atom is 0.0930 e. The Labute approximate surface area is 123 Å². The van der Waals surface area contributed by atoms with Crippen molar-refractivity contribution in [3.8, 4) is 0 Å². The van der Waals surface area contributed by atoms with Crippen molar-refractivity contribution < 1.29 is 0 Å². The average Bonchev–Trinajstić information content (AvgIpc) is 2.61. The third kappa shape index (κ3) is 5.62. The molecule has 0 aliphatic heterocycles. The molecular formula is C16H30N2S. The van der Waals surface area contributed by atoms with Gasteiger partial charge in [0, 0.05) is 10.9 Å². The van der Waals surface area contributed by atoms with E-state index in [4.69, 9.17) is 0 Å². The van der Waals surface area contributed by atoms with Crippen LogP contribution < -0.4 is 5.32 Å². The molecule has 0 aliphatic carbocycles. The number of aromatic nitrogens is 1. The van der Waals surface area contributed by atoms with Gasteiger partial charge in [-0.25, -0.2) is 4.98 Å². The monoisotopic (exact) mass is 282 g/mol. The van der Waals surface area contributed by atoms with E-state index in [1.807, 2.05) is 11.3 Å². The van der Waals surface area contributed by atoms with E-state index in [2.05, 4.69) is 51.8 Å². The van der Waals surface area contributed by atoms with E-state index in [1.165, 1.54) is 34.8 Å². The zero-order valence-corrected chi connectivity index (χ0v) is 14.3. The first kappa shape index (κ1) is 16.6. The fourth-order valence-corrected chi connectivity index (χ4v) is 3.24. The smallest absolute Gasteiger partial charge is 0.0930 e. The van der Waals surface area contributed by atoms with Crippen molar-refractivity contribution in [2.75, 3.05) is 6.54 Å². The number of nitrogens with zero attached hydrogens (tertiary/aromatic N) is 1. The van der Waals surface area contributed by atoms with Crippen LogP contribution in [-0.4, -0.2) is 17.6 Å².